The Morgan fingerprint density at radius 1 is 1.28 bits per heavy atom. The van der Waals surface area contributed by atoms with Gasteiger partial charge in [-0.3, -0.25) is 4.79 Å². The molecule has 2 aliphatic rings. The Bertz CT molecular complexity index is 1170. The summed E-state index contributed by atoms with van der Waals surface area (Å²) in [7, 11) is 0. The van der Waals surface area contributed by atoms with Gasteiger partial charge in [-0.2, -0.15) is 5.26 Å². The molecule has 1 fully saturated rings. The largest absolute Gasteiger partial charge is 0.480 e. The van der Waals surface area contributed by atoms with Crippen LogP contribution in [0, 0.1) is 31.1 Å². The van der Waals surface area contributed by atoms with Gasteiger partial charge in [-0.05, 0) is 87.1 Å². The van der Waals surface area contributed by atoms with Crippen molar-refractivity contribution >= 4 is 17.7 Å². The Hall–Kier alpha value is -3.44. The lowest BCUT2D eigenvalue weighted by atomic mass is 9.79. The smallest absolute Gasteiger partial charge is 0.326 e. The number of nitriles is 1. The number of carbonyl (C=O) groups is 2. The lowest BCUT2D eigenvalue weighted by Gasteiger charge is -2.35. The molecule has 1 aliphatic carbocycles. The van der Waals surface area contributed by atoms with Crippen LogP contribution in [0.15, 0.2) is 24.3 Å². The van der Waals surface area contributed by atoms with E-state index in [0.717, 1.165) is 56.6 Å². The number of ether oxygens (including phenoxy) is 1. The Morgan fingerprint density at radius 3 is 2.83 bits per heavy atom. The van der Waals surface area contributed by atoms with Crippen molar-refractivity contribution in [2.24, 2.45) is 5.92 Å². The van der Waals surface area contributed by atoms with Crippen LogP contribution in [0.25, 0.3) is 0 Å². The van der Waals surface area contributed by atoms with Crippen molar-refractivity contribution in [2.45, 2.75) is 70.9 Å². The van der Waals surface area contributed by atoms with E-state index in [1.807, 2.05) is 0 Å². The molecule has 1 saturated carbocycles. The van der Waals surface area contributed by atoms with Crippen LogP contribution in [-0.2, 0) is 22.4 Å². The third kappa shape index (κ3) is 6.03. The molecule has 0 saturated heterocycles. The van der Waals surface area contributed by atoms with Gasteiger partial charge in [0.2, 0.25) is 0 Å². The Morgan fingerprint density at radius 2 is 2.08 bits per heavy atom. The number of amides is 1. The van der Waals surface area contributed by atoms with Gasteiger partial charge in [-0.25, -0.2) is 9.78 Å². The molecular formula is C28H34N4O4. The van der Waals surface area contributed by atoms with Crippen LogP contribution in [0.4, 0.5) is 5.82 Å². The molecule has 2 heterocycles. The number of aromatic nitrogens is 1. The summed E-state index contributed by atoms with van der Waals surface area (Å²) >= 11 is 0. The van der Waals surface area contributed by atoms with Crippen molar-refractivity contribution in [2.75, 3.05) is 18.5 Å². The maximum atomic E-state index is 12.8. The quantitative estimate of drug-likeness (QED) is 0.461. The molecule has 1 aliphatic heterocycles. The number of aryl methyl sites for hydroxylation is 3. The summed E-state index contributed by atoms with van der Waals surface area (Å²) in [4.78, 5) is 29.3. The normalized spacial score (nSPS) is 19.2. The van der Waals surface area contributed by atoms with Gasteiger partial charge in [0.15, 0.2) is 0 Å². The van der Waals surface area contributed by atoms with E-state index < -0.39 is 17.9 Å². The van der Waals surface area contributed by atoms with Crippen LogP contribution >= 0.6 is 0 Å². The monoisotopic (exact) mass is 490 g/mol. The summed E-state index contributed by atoms with van der Waals surface area (Å²) in [5.41, 5.74) is 4.44. The predicted molar refractivity (Wildman–Crippen MR) is 136 cm³/mol. The molecule has 4 rings (SSSR count). The third-order valence-electron chi connectivity index (χ3n) is 7.34. The van der Waals surface area contributed by atoms with Crippen molar-refractivity contribution in [1.29, 1.82) is 5.26 Å². The van der Waals surface area contributed by atoms with Gasteiger partial charge in [-0.15, -0.1) is 0 Å². The molecule has 3 N–H and O–H groups in total. The lowest BCUT2D eigenvalue weighted by molar-refractivity contribution is -0.140. The standard InChI is InChI=1S/C28H34N4O4/c1-17-5-7-21(16-29)18(2)25(17)27(33)32-24(28(34)35)11-13-36-23-14-19(15-23)6-9-22-10-8-20-4-3-12-30-26(20)31-22/h5,7-8,10,19,23-24H,3-4,6,9,11-15H2,1-2H3,(H,30,31)(H,32,33)(H,34,35). The average molecular weight is 491 g/mol. The van der Waals surface area contributed by atoms with Crippen LogP contribution in [0.2, 0.25) is 0 Å². The van der Waals surface area contributed by atoms with Gasteiger partial charge < -0.3 is 20.5 Å². The van der Waals surface area contributed by atoms with Crippen molar-refractivity contribution in [3.63, 3.8) is 0 Å². The molecular weight excluding hydrogens is 456 g/mol. The van der Waals surface area contributed by atoms with E-state index in [2.05, 4.69) is 28.8 Å². The van der Waals surface area contributed by atoms with E-state index in [1.54, 1.807) is 26.0 Å². The number of pyridine rings is 1. The molecule has 190 valence electrons. The minimum atomic E-state index is -1.10. The van der Waals surface area contributed by atoms with E-state index in [4.69, 9.17) is 9.72 Å². The zero-order valence-corrected chi connectivity index (χ0v) is 21.0. The summed E-state index contributed by atoms with van der Waals surface area (Å²) in [6, 6.07) is 8.70. The molecule has 8 heteroatoms. The van der Waals surface area contributed by atoms with E-state index in [1.165, 1.54) is 5.56 Å². The summed E-state index contributed by atoms with van der Waals surface area (Å²) in [5, 5.41) is 24.8. The second-order valence-electron chi connectivity index (χ2n) is 9.90. The van der Waals surface area contributed by atoms with Crippen LogP contribution < -0.4 is 10.6 Å². The number of nitrogens with zero attached hydrogens (tertiary/aromatic N) is 2. The van der Waals surface area contributed by atoms with Gasteiger partial charge in [0.05, 0.1) is 17.7 Å². The number of anilines is 1. The highest BCUT2D eigenvalue weighted by molar-refractivity contribution is 5.99. The number of benzene rings is 1. The maximum absolute atomic E-state index is 12.8. The van der Waals surface area contributed by atoms with Crippen molar-refractivity contribution in [1.82, 2.24) is 10.3 Å². The van der Waals surface area contributed by atoms with Gasteiger partial charge in [0.1, 0.15) is 11.9 Å². The second-order valence-corrected chi connectivity index (χ2v) is 9.90. The van der Waals surface area contributed by atoms with E-state index in [0.29, 0.717) is 28.2 Å². The number of nitrogens with one attached hydrogen (secondary N) is 2. The zero-order valence-electron chi connectivity index (χ0n) is 21.0. The van der Waals surface area contributed by atoms with E-state index in [9.17, 15) is 20.0 Å². The number of carboxylic acids is 1. The summed E-state index contributed by atoms with van der Waals surface area (Å²) < 4.78 is 5.90. The SMILES string of the molecule is Cc1ccc(C#N)c(C)c1C(=O)NC(CCOC1CC(CCc2ccc3c(n2)NCCC3)C1)C(=O)O. The Labute approximate surface area is 212 Å². The predicted octanol–water partition coefficient (Wildman–Crippen LogP) is 3.93. The first kappa shape index (κ1) is 25.6. The molecule has 1 aromatic heterocycles. The molecule has 1 atom stereocenters. The number of fused-ring (bicyclic) bond motifs is 1. The highest BCUT2D eigenvalue weighted by Gasteiger charge is 2.30. The van der Waals surface area contributed by atoms with Crippen LogP contribution in [0.5, 0.6) is 0 Å². The molecule has 0 bridgehead atoms. The van der Waals surface area contributed by atoms with Gasteiger partial charge in [0, 0.05) is 30.8 Å². The number of aliphatic carboxylic acids is 1. The van der Waals surface area contributed by atoms with Gasteiger partial charge in [-0.1, -0.05) is 12.1 Å². The minimum Gasteiger partial charge on any atom is -0.480 e. The molecule has 36 heavy (non-hydrogen) atoms. The Balaban J connectivity index is 1.19. The molecule has 1 unspecified atom stereocenters. The lowest BCUT2D eigenvalue weighted by Crippen LogP contribution is -2.42. The topological polar surface area (TPSA) is 124 Å². The van der Waals surface area contributed by atoms with Gasteiger partial charge in [0.25, 0.3) is 5.91 Å². The summed E-state index contributed by atoms with van der Waals surface area (Å²) in [6.07, 6.45) is 6.52. The maximum Gasteiger partial charge on any atom is 0.326 e. The molecule has 0 radical (unpaired) electrons. The third-order valence-corrected chi connectivity index (χ3v) is 7.34. The van der Waals surface area contributed by atoms with E-state index in [-0.39, 0.29) is 19.1 Å². The van der Waals surface area contributed by atoms with Crippen molar-refractivity contribution < 1.29 is 19.4 Å². The number of hydrogen-bond acceptors (Lipinski definition) is 6. The van der Waals surface area contributed by atoms with E-state index >= 15 is 0 Å². The highest BCUT2D eigenvalue weighted by atomic mass is 16.5. The fraction of sp³-hybridized carbons (Fsp3) is 0.500. The molecule has 8 nitrogen and oxygen atoms in total. The minimum absolute atomic E-state index is 0.134. The fourth-order valence-electron chi connectivity index (χ4n) is 5.06. The first-order valence-electron chi connectivity index (χ1n) is 12.7. The average Bonchev–Trinajstić information content (AvgIpc) is 2.84. The molecule has 0 spiro atoms. The zero-order chi connectivity index (χ0) is 25.7. The van der Waals surface area contributed by atoms with Crippen LogP contribution in [0.3, 0.4) is 0 Å². The van der Waals surface area contributed by atoms with Crippen LogP contribution in [-0.4, -0.2) is 47.3 Å². The number of carbonyl (C=O) groups excluding carboxylic acids is 1. The number of carboxylic acid groups (broad SMARTS) is 1. The second kappa shape index (κ2) is 11.5. The first-order valence-corrected chi connectivity index (χ1v) is 12.7. The fourth-order valence-corrected chi connectivity index (χ4v) is 5.06. The molecule has 2 aromatic rings. The first-order chi connectivity index (χ1) is 17.4. The number of rotatable bonds is 10. The van der Waals surface area contributed by atoms with Gasteiger partial charge >= 0.3 is 5.97 Å². The van der Waals surface area contributed by atoms with Crippen LogP contribution in [0.1, 0.15) is 70.4 Å². The highest BCUT2D eigenvalue weighted by Crippen LogP contribution is 2.34. The molecule has 1 aromatic carbocycles. The number of hydrogen-bond donors (Lipinski definition) is 3. The summed E-state index contributed by atoms with van der Waals surface area (Å²) in [6.45, 7) is 4.73. The summed E-state index contributed by atoms with van der Waals surface area (Å²) in [5.74, 6) is 0.0484. The Kier molecular flexibility index (Phi) is 8.21. The van der Waals surface area contributed by atoms with Crippen molar-refractivity contribution in [3.05, 3.63) is 57.8 Å². The van der Waals surface area contributed by atoms with Crippen molar-refractivity contribution in [3.8, 4) is 6.07 Å². The molecule has 1 amide bonds.